The zero-order chi connectivity index (χ0) is 19.4. The maximum atomic E-state index is 12.9. The zero-order valence-electron chi connectivity index (χ0n) is 15.9. The van der Waals surface area contributed by atoms with E-state index in [2.05, 4.69) is 4.98 Å². The molecule has 0 saturated carbocycles. The van der Waals surface area contributed by atoms with Gasteiger partial charge in [-0.05, 0) is 35.6 Å². The minimum absolute atomic E-state index is 0.0224. The Kier molecular flexibility index (Phi) is 5.60. The van der Waals surface area contributed by atoms with Gasteiger partial charge in [0.2, 0.25) is 5.91 Å². The SMILES string of the molecule is COc1cccc(N(Cc2cc3ccccc3[nH]c2=O)C(=O)CC(C)C)c1. The van der Waals surface area contributed by atoms with Crippen LogP contribution >= 0.6 is 0 Å². The van der Waals surface area contributed by atoms with Crippen LogP contribution in [0.3, 0.4) is 0 Å². The topological polar surface area (TPSA) is 62.4 Å². The third kappa shape index (κ3) is 4.37. The lowest BCUT2D eigenvalue weighted by Crippen LogP contribution is -2.33. The summed E-state index contributed by atoms with van der Waals surface area (Å²) in [4.78, 5) is 30.0. The number of pyridine rings is 1. The van der Waals surface area contributed by atoms with Gasteiger partial charge in [0.05, 0.1) is 13.7 Å². The van der Waals surface area contributed by atoms with Crippen molar-refractivity contribution in [2.75, 3.05) is 12.0 Å². The molecular weight excluding hydrogens is 340 g/mol. The number of aromatic nitrogens is 1. The maximum Gasteiger partial charge on any atom is 0.253 e. The van der Waals surface area contributed by atoms with E-state index < -0.39 is 0 Å². The summed E-state index contributed by atoms with van der Waals surface area (Å²) in [7, 11) is 1.59. The van der Waals surface area contributed by atoms with E-state index in [-0.39, 0.29) is 23.9 Å². The van der Waals surface area contributed by atoms with Gasteiger partial charge in [-0.3, -0.25) is 9.59 Å². The minimum Gasteiger partial charge on any atom is -0.497 e. The number of aromatic amines is 1. The van der Waals surface area contributed by atoms with Gasteiger partial charge in [-0.15, -0.1) is 0 Å². The summed E-state index contributed by atoms with van der Waals surface area (Å²) in [5.41, 5.74) is 1.87. The first-order chi connectivity index (χ1) is 13.0. The predicted molar refractivity (Wildman–Crippen MR) is 108 cm³/mol. The number of nitrogens with one attached hydrogen (secondary N) is 1. The summed E-state index contributed by atoms with van der Waals surface area (Å²) >= 11 is 0. The van der Waals surface area contributed by atoms with E-state index in [1.807, 2.05) is 68.4 Å². The fourth-order valence-electron chi connectivity index (χ4n) is 3.04. The number of H-pyrrole nitrogens is 1. The van der Waals surface area contributed by atoms with Crippen molar-refractivity contribution in [1.29, 1.82) is 0 Å². The van der Waals surface area contributed by atoms with Gasteiger partial charge < -0.3 is 14.6 Å². The van der Waals surface area contributed by atoms with Gasteiger partial charge in [-0.25, -0.2) is 0 Å². The first-order valence-electron chi connectivity index (χ1n) is 9.03. The van der Waals surface area contributed by atoms with Crippen molar-refractivity contribution in [3.05, 3.63) is 70.5 Å². The monoisotopic (exact) mass is 364 g/mol. The number of anilines is 1. The van der Waals surface area contributed by atoms with Crippen LogP contribution < -0.4 is 15.2 Å². The average molecular weight is 364 g/mol. The van der Waals surface area contributed by atoms with E-state index in [1.54, 1.807) is 12.0 Å². The second-order valence-corrected chi connectivity index (χ2v) is 6.99. The molecule has 0 aliphatic carbocycles. The summed E-state index contributed by atoms with van der Waals surface area (Å²) in [6.07, 6.45) is 0.405. The van der Waals surface area contributed by atoms with E-state index >= 15 is 0 Å². The molecule has 1 heterocycles. The summed E-state index contributed by atoms with van der Waals surface area (Å²) < 4.78 is 5.29. The second-order valence-electron chi connectivity index (χ2n) is 6.99. The number of amides is 1. The molecule has 0 aliphatic rings. The zero-order valence-corrected chi connectivity index (χ0v) is 15.9. The lowest BCUT2D eigenvalue weighted by molar-refractivity contribution is -0.119. The standard InChI is InChI=1S/C22H24N2O3/c1-15(2)11-21(25)24(18-8-6-9-19(13-18)27-3)14-17-12-16-7-4-5-10-20(16)23-22(17)26/h4-10,12-13,15H,11,14H2,1-3H3,(H,23,26). The van der Waals surface area contributed by atoms with Gasteiger partial charge >= 0.3 is 0 Å². The Hall–Kier alpha value is -3.08. The van der Waals surface area contributed by atoms with Crippen molar-refractivity contribution in [1.82, 2.24) is 4.98 Å². The number of carbonyl (C=O) groups is 1. The molecule has 0 aliphatic heterocycles. The molecule has 0 bridgehead atoms. The molecule has 0 spiro atoms. The van der Waals surface area contributed by atoms with Gasteiger partial charge in [-0.1, -0.05) is 38.1 Å². The van der Waals surface area contributed by atoms with Gasteiger partial charge in [0.1, 0.15) is 5.75 Å². The number of ether oxygens (including phenoxy) is 1. The normalized spacial score (nSPS) is 11.0. The van der Waals surface area contributed by atoms with Gasteiger partial charge in [-0.2, -0.15) is 0 Å². The van der Waals surface area contributed by atoms with E-state index in [4.69, 9.17) is 4.74 Å². The summed E-state index contributed by atoms with van der Waals surface area (Å²) in [5, 5.41) is 0.939. The van der Waals surface area contributed by atoms with Crippen molar-refractivity contribution in [2.45, 2.75) is 26.8 Å². The number of benzene rings is 2. The Morgan fingerprint density at radius 2 is 1.89 bits per heavy atom. The fraction of sp³-hybridized carbons (Fsp3) is 0.273. The highest BCUT2D eigenvalue weighted by Gasteiger charge is 2.19. The van der Waals surface area contributed by atoms with E-state index in [0.717, 1.165) is 10.9 Å². The first-order valence-corrected chi connectivity index (χ1v) is 9.03. The predicted octanol–water partition coefficient (Wildman–Crippen LogP) is 4.12. The van der Waals surface area contributed by atoms with Gasteiger partial charge in [0.15, 0.2) is 0 Å². The van der Waals surface area contributed by atoms with E-state index in [9.17, 15) is 9.59 Å². The Morgan fingerprint density at radius 3 is 2.63 bits per heavy atom. The van der Waals surface area contributed by atoms with Crippen LogP contribution in [0.5, 0.6) is 5.75 Å². The number of methoxy groups -OCH3 is 1. The highest BCUT2D eigenvalue weighted by atomic mass is 16.5. The number of para-hydroxylation sites is 1. The molecule has 0 fully saturated rings. The van der Waals surface area contributed by atoms with Crippen molar-refractivity contribution in [2.24, 2.45) is 5.92 Å². The number of fused-ring (bicyclic) bond motifs is 1. The second kappa shape index (κ2) is 8.08. The molecule has 5 heteroatoms. The van der Waals surface area contributed by atoms with Crippen molar-refractivity contribution < 1.29 is 9.53 Å². The van der Waals surface area contributed by atoms with Crippen LogP contribution in [0.1, 0.15) is 25.8 Å². The van der Waals surface area contributed by atoms with E-state index in [0.29, 0.717) is 23.4 Å². The number of nitrogens with zero attached hydrogens (tertiary/aromatic N) is 1. The molecule has 0 atom stereocenters. The lowest BCUT2D eigenvalue weighted by atomic mass is 10.1. The Bertz CT molecular complexity index is 1010. The Balaban J connectivity index is 2.01. The number of hydrogen-bond acceptors (Lipinski definition) is 3. The third-order valence-corrected chi connectivity index (χ3v) is 4.41. The van der Waals surface area contributed by atoms with Crippen LogP contribution in [0, 0.1) is 5.92 Å². The molecule has 3 aromatic rings. The molecule has 1 aromatic heterocycles. The molecule has 1 amide bonds. The molecule has 5 nitrogen and oxygen atoms in total. The van der Waals surface area contributed by atoms with Crippen LogP contribution in [0.2, 0.25) is 0 Å². The summed E-state index contributed by atoms with van der Waals surface area (Å²) in [6.45, 7) is 4.22. The third-order valence-electron chi connectivity index (χ3n) is 4.41. The number of hydrogen-bond donors (Lipinski definition) is 1. The Labute approximate surface area is 158 Å². The largest absolute Gasteiger partial charge is 0.497 e. The first kappa shape index (κ1) is 18.7. The minimum atomic E-state index is -0.182. The number of carbonyl (C=O) groups excluding carboxylic acids is 1. The van der Waals surface area contributed by atoms with Gasteiger partial charge in [0.25, 0.3) is 5.56 Å². The van der Waals surface area contributed by atoms with Crippen molar-refractivity contribution in [3.63, 3.8) is 0 Å². The molecule has 1 N–H and O–H groups in total. The van der Waals surface area contributed by atoms with Crippen LogP contribution in [0.15, 0.2) is 59.4 Å². The fourth-order valence-corrected chi connectivity index (χ4v) is 3.04. The molecule has 0 unspecified atom stereocenters. The molecule has 0 saturated heterocycles. The smallest absolute Gasteiger partial charge is 0.253 e. The lowest BCUT2D eigenvalue weighted by Gasteiger charge is -2.24. The maximum absolute atomic E-state index is 12.9. The molecule has 3 rings (SSSR count). The van der Waals surface area contributed by atoms with Crippen molar-refractivity contribution in [3.8, 4) is 5.75 Å². The highest BCUT2D eigenvalue weighted by molar-refractivity contribution is 5.93. The van der Waals surface area contributed by atoms with E-state index in [1.165, 1.54) is 0 Å². The quantitative estimate of drug-likeness (QED) is 0.716. The van der Waals surface area contributed by atoms with Crippen molar-refractivity contribution >= 4 is 22.5 Å². The number of rotatable bonds is 6. The van der Waals surface area contributed by atoms with Crippen LogP contribution in [0.4, 0.5) is 5.69 Å². The highest BCUT2D eigenvalue weighted by Crippen LogP contribution is 2.24. The van der Waals surface area contributed by atoms with Crippen LogP contribution in [-0.2, 0) is 11.3 Å². The van der Waals surface area contributed by atoms with Gasteiger partial charge in [0, 0.05) is 29.3 Å². The summed E-state index contributed by atoms with van der Waals surface area (Å²) in [5.74, 6) is 0.869. The average Bonchev–Trinajstić information content (AvgIpc) is 2.65. The molecule has 140 valence electrons. The summed E-state index contributed by atoms with van der Waals surface area (Å²) in [6, 6.07) is 16.8. The molecular formula is C22H24N2O3. The molecule has 27 heavy (non-hydrogen) atoms. The molecule has 0 radical (unpaired) electrons. The molecule has 2 aromatic carbocycles. The van der Waals surface area contributed by atoms with Crippen LogP contribution in [0.25, 0.3) is 10.9 Å². The van der Waals surface area contributed by atoms with Crippen LogP contribution in [-0.4, -0.2) is 18.0 Å². The Morgan fingerprint density at radius 1 is 1.11 bits per heavy atom.